The Morgan fingerprint density at radius 3 is 2.77 bits per heavy atom. The average molecular weight is 420 g/mol. The number of pyridine rings is 1. The fourth-order valence-electron chi connectivity index (χ4n) is 3.85. The molecule has 8 heteroatoms. The second-order valence-electron chi connectivity index (χ2n) is 7.54. The van der Waals surface area contributed by atoms with E-state index in [2.05, 4.69) is 15.5 Å². The third-order valence-electron chi connectivity index (χ3n) is 5.58. The Kier molecular flexibility index (Phi) is 5.46. The predicted molar refractivity (Wildman–Crippen MR) is 116 cm³/mol. The summed E-state index contributed by atoms with van der Waals surface area (Å²) >= 11 is 0. The van der Waals surface area contributed by atoms with Gasteiger partial charge in [0.05, 0.1) is 13.2 Å². The van der Waals surface area contributed by atoms with E-state index in [1.54, 1.807) is 7.11 Å². The van der Waals surface area contributed by atoms with Gasteiger partial charge in [-0.15, -0.1) is 10.2 Å². The van der Waals surface area contributed by atoms with Gasteiger partial charge in [-0.25, -0.2) is 4.79 Å². The van der Waals surface area contributed by atoms with Crippen LogP contribution in [0.4, 0.5) is 0 Å². The van der Waals surface area contributed by atoms with Crippen LogP contribution in [0.25, 0.3) is 16.6 Å². The molecule has 0 aliphatic rings. The molecule has 3 heterocycles. The molecule has 0 saturated heterocycles. The van der Waals surface area contributed by atoms with Crippen molar-refractivity contribution >= 4 is 22.5 Å². The van der Waals surface area contributed by atoms with Crippen LogP contribution in [0.2, 0.25) is 0 Å². The smallest absolute Gasteiger partial charge is 0.339 e. The fourth-order valence-corrected chi connectivity index (χ4v) is 3.85. The van der Waals surface area contributed by atoms with E-state index in [-0.39, 0.29) is 24.8 Å². The Balaban J connectivity index is 1.51. The second kappa shape index (κ2) is 8.22. The van der Waals surface area contributed by atoms with E-state index in [0.29, 0.717) is 22.7 Å². The summed E-state index contributed by atoms with van der Waals surface area (Å²) in [5.41, 5.74) is 2.91. The maximum absolute atomic E-state index is 12.6. The summed E-state index contributed by atoms with van der Waals surface area (Å²) in [7, 11) is 1.58. The van der Waals surface area contributed by atoms with Gasteiger partial charge in [0.25, 0.3) is 0 Å². The lowest BCUT2D eigenvalue weighted by molar-refractivity contribution is -0.121. The largest absolute Gasteiger partial charge is 0.496 e. The Bertz CT molecular complexity index is 1340. The van der Waals surface area contributed by atoms with Crippen LogP contribution in [0.5, 0.6) is 5.75 Å². The number of benzene rings is 1. The molecule has 0 radical (unpaired) electrons. The number of hydrogen-bond donors (Lipinski definition) is 1. The topological polar surface area (TPSA) is 98.7 Å². The highest BCUT2D eigenvalue weighted by Crippen LogP contribution is 2.29. The lowest BCUT2D eigenvalue weighted by Crippen LogP contribution is -2.28. The molecule has 4 aromatic rings. The molecular weight excluding hydrogens is 396 g/mol. The van der Waals surface area contributed by atoms with Gasteiger partial charge >= 0.3 is 5.63 Å². The maximum atomic E-state index is 12.6. The van der Waals surface area contributed by atoms with E-state index < -0.39 is 5.63 Å². The van der Waals surface area contributed by atoms with Crippen LogP contribution in [-0.4, -0.2) is 27.6 Å². The zero-order chi connectivity index (χ0) is 22.1. The Morgan fingerprint density at radius 1 is 1.19 bits per heavy atom. The van der Waals surface area contributed by atoms with Gasteiger partial charge in [-0.1, -0.05) is 6.07 Å². The minimum atomic E-state index is -0.425. The Morgan fingerprint density at radius 2 is 2.00 bits per heavy atom. The summed E-state index contributed by atoms with van der Waals surface area (Å²) in [4.78, 5) is 25.2. The number of carbonyl (C=O) groups excluding carboxylic acids is 1. The number of carbonyl (C=O) groups is 1. The van der Waals surface area contributed by atoms with Gasteiger partial charge in [0, 0.05) is 29.1 Å². The summed E-state index contributed by atoms with van der Waals surface area (Å²) in [6.07, 6.45) is 2.30. The number of fused-ring (bicyclic) bond motifs is 2. The van der Waals surface area contributed by atoms with Crippen molar-refractivity contribution in [3.05, 3.63) is 69.5 Å². The van der Waals surface area contributed by atoms with Crippen molar-refractivity contribution in [1.82, 2.24) is 19.9 Å². The summed E-state index contributed by atoms with van der Waals surface area (Å²) in [5, 5.41) is 12.1. The lowest BCUT2D eigenvalue weighted by atomic mass is 10.00. The van der Waals surface area contributed by atoms with Crippen molar-refractivity contribution in [2.24, 2.45) is 0 Å². The quantitative estimate of drug-likeness (QED) is 0.481. The van der Waals surface area contributed by atoms with Crippen molar-refractivity contribution in [1.29, 1.82) is 0 Å². The fraction of sp³-hybridized carbons (Fsp3) is 0.304. The molecule has 1 aromatic carbocycles. The first-order valence-corrected chi connectivity index (χ1v) is 10.1. The van der Waals surface area contributed by atoms with Crippen LogP contribution in [0.15, 0.2) is 45.7 Å². The molecule has 0 saturated carbocycles. The first-order valence-electron chi connectivity index (χ1n) is 10.1. The summed E-state index contributed by atoms with van der Waals surface area (Å²) in [6.45, 7) is 5.59. The minimum absolute atomic E-state index is 0.160. The third-order valence-corrected chi connectivity index (χ3v) is 5.58. The number of methoxy groups -OCH3 is 1. The molecule has 8 nitrogen and oxygen atoms in total. The monoisotopic (exact) mass is 420 g/mol. The van der Waals surface area contributed by atoms with Crippen LogP contribution in [0.1, 0.15) is 41.9 Å². The zero-order valence-corrected chi connectivity index (χ0v) is 17.9. The van der Waals surface area contributed by atoms with Gasteiger partial charge in [-0.05, 0) is 57.0 Å². The van der Waals surface area contributed by atoms with E-state index in [0.717, 1.165) is 22.2 Å². The van der Waals surface area contributed by atoms with Crippen molar-refractivity contribution in [2.45, 2.75) is 39.7 Å². The van der Waals surface area contributed by atoms with Gasteiger partial charge in [0.1, 0.15) is 11.3 Å². The van der Waals surface area contributed by atoms with Gasteiger partial charge < -0.3 is 14.5 Å². The third kappa shape index (κ3) is 3.76. The van der Waals surface area contributed by atoms with Crippen LogP contribution in [0, 0.1) is 13.8 Å². The molecule has 4 rings (SSSR count). The molecule has 0 bridgehead atoms. The number of ether oxygens (including phenoxy) is 1. The normalized spacial score (nSPS) is 12.3. The molecule has 3 aromatic heterocycles. The van der Waals surface area contributed by atoms with Gasteiger partial charge in [0.15, 0.2) is 11.5 Å². The lowest BCUT2D eigenvalue weighted by Gasteiger charge is -2.13. The first-order chi connectivity index (χ1) is 14.9. The van der Waals surface area contributed by atoms with Gasteiger partial charge in [-0.3, -0.25) is 9.20 Å². The van der Waals surface area contributed by atoms with Crippen molar-refractivity contribution in [3.63, 3.8) is 0 Å². The van der Waals surface area contributed by atoms with Crippen molar-refractivity contribution in [3.8, 4) is 5.75 Å². The molecule has 31 heavy (non-hydrogen) atoms. The molecule has 1 amide bonds. The van der Waals surface area contributed by atoms with Crippen LogP contribution >= 0.6 is 0 Å². The number of hydrogen-bond acceptors (Lipinski definition) is 6. The Labute approximate surface area is 178 Å². The zero-order valence-electron chi connectivity index (χ0n) is 17.9. The van der Waals surface area contributed by atoms with Gasteiger partial charge in [0.2, 0.25) is 5.91 Å². The van der Waals surface area contributed by atoms with Crippen molar-refractivity contribution < 1.29 is 13.9 Å². The summed E-state index contributed by atoms with van der Waals surface area (Å²) in [6, 6.07) is 9.02. The molecule has 0 spiro atoms. The average Bonchev–Trinajstić information content (AvgIpc) is 3.19. The highest BCUT2D eigenvalue weighted by molar-refractivity contribution is 5.86. The van der Waals surface area contributed by atoms with E-state index in [4.69, 9.17) is 9.15 Å². The molecule has 0 aliphatic carbocycles. The van der Waals surface area contributed by atoms with Crippen LogP contribution in [0.3, 0.4) is 0 Å². The predicted octanol–water partition coefficient (Wildman–Crippen LogP) is 3.27. The molecule has 1 atom stereocenters. The molecule has 0 aliphatic heterocycles. The number of aromatic nitrogens is 3. The maximum Gasteiger partial charge on any atom is 0.339 e. The molecular formula is C23H24N4O4. The summed E-state index contributed by atoms with van der Waals surface area (Å²) < 4.78 is 12.7. The summed E-state index contributed by atoms with van der Waals surface area (Å²) in [5.74, 6) is 1.14. The Hall–Kier alpha value is -3.68. The number of aryl methyl sites for hydroxylation is 2. The number of nitrogens with one attached hydrogen (secondary N) is 1. The van der Waals surface area contributed by atoms with E-state index >= 15 is 0 Å². The van der Waals surface area contributed by atoms with E-state index in [1.165, 1.54) is 0 Å². The molecule has 160 valence electrons. The first kappa shape index (κ1) is 20.6. The number of amides is 1. The van der Waals surface area contributed by atoms with Crippen LogP contribution < -0.4 is 15.7 Å². The second-order valence-corrected chi connectivity index (χ2v) is 7.54. The highest BCUT2D eigenvalue weighted by Gasteiger charge is 2.18. The number of nitrogens with zero attached hydrogens (tertiary/aromatic N) is 3. The minimum Gasteiger partial charge on any atom is -0.496 e. The molecule has 0 unspecified atom stereocenters. The van der Waals surface area contributed by atoms with Gasteiger partial charge in [-0.2, -0.15) is 0 Å². The molecule has 1 N–H and O–H groups in total. The van der Waals surface area contributed by atoms with Crippen molar-refractivity contribution in [2.75, 3.05) is 7.11 Å². The van der Waals surface area contributed by atoms with Crippen LogP contribution in [-0.2, 0) is 11.2 Å². The highest BCUT2D eigenvalue weighted by atomic mass is 16.5. The van der Waals surface area contributed by atoms with E-state index in [9.17, 15) is 9.59 Å². The SMILES string of the molecule is COc1ccc2c(C)c(CCC(=O)N[C@@H](C)c3nnc4ccccn34)c(=O)oc2c1C. The van der Waals surface area contributed by atoms with E-state index in [1.807, 2.05) is 61.7 Å². The standard InChI is InChI=1S/C23H24N4O4/c1-13-16-8-10-18(30-4)14(2)21(16)31-23(29)17(13)9-11-20(28)24-15(3)22-26-25-19-7-5-6-12-27(19)22/h5-8,10,12,15H,9,11H2,1-4H3,(H,24,28)/t15-/m0/s1. The molecule has 0 fully saturated rings. The number of rotatable bonds is 6.